The number of rotatable bonds is 2. The van der Waals surface area contributed by atoms with Crippen LogP contribution in [0.4, 0.5) is 4.39 Å². The number of hydrogen-bond acceptors (Lipinski definition) is 1. The first-order chi connectivity index (χ1) is 9.13. The van der Waals surface area contributed by atoms with Crippen molar-refractivity contribution in [3.05, 3.63) is 65.0 Å². The van der Waals surface area contributed by atoms with E-state index in [2.05, 4.69) is 6.07 Å². The van der Waals surface area contributed by atoms with Crippen LogP contribution in [0.5, 0.6) is 5.75 Å². The summed E-state index contributed by atoms with van der Waals surface area (Å²) in [4.78, 5) is 0. The molecule has 1 heterocycles. The third-order valence-corrected chi connectivity index (χ3v) is 3.86. The van der Waals surface area contributed by atoms with Crippen LogP contribution in [0.25, 0.3) is 0 Å². The van der Waals surface area contributed by atoms with E-state index in [-0.39, 0.29) is 17.3 Å². The lowest BCUT2D eigenvalue weighted by atomic mass is 10.0. The van der Waals surface area contributed by atoms with Crippen molar-refractivity contribution in [2.75, 3.05) is 0 Å². The smallest absolute Gasteiger partial charge is 0.123 e. The molecule has 0 aromatic heterocycles. The second-order valence-corrected chi connectivity index (χ2v) is 5.35. The molecule has 0 N–H and O–H groups in total. The average molecular weight is 277 g/mol. The van der Waals surface area contributed by atoms with Crippen molar-refractivity contribution in [2.24, 2.45) is 0 Å². The summed E-state index contributed by atoms with van der Waals surface area (Å²) >= 11 is 6.43. The Labute approximate surface area is 117 Å². The fourth-order valence-electron chi connectivity index (χ4n) is 2.46. The zero-order valence-corrected chi connectivity index (χ0v) is 11.3. The van der Waals surface area contributed by atoms with Gasteiger partial charge in [-0.2, -0.15) is 0 Å². The highest BCUT2D eigenvalue weighted by atomic mass is 35.5. The van der Waals surface area contributed by atoms with Crippen molar-refractivity contribution in [3.63, 3.8) is 0 Å². The number of hydrogen-bond donors (Lipinski definition) is 0. The SMILES string of the molecule is CC1Cc2cc(C(Cl)c3cccc(F)c3)ccc2O1. The molecule has 0 saturated carbocycles. The van der Waals surface area contributed by atoms with Gasteiger partial charge < -0.3 is 4.74 Å². The highest BCUT2D eigenvalue weighted by molar-refractivity contribution is 6.22. The molecule has 0 saturated heterocycles. The van der Waals surface area contributed by atoms with Gasteiger partial charge in [-0.15, -0.1) is 11.6 Å². The Bertz CT molecular complexity index is 611. The minimum absolute atomic E-state index is 0.216. The lowest BCUT2D eigenvalue weighted by molar-refractivity contribution is 0.254. The number of benzene rings is 2. The van der Waals surface area contributed by atoms with E-state index in [4.69, 9.17) is 16.3 Å². The zero-order valence-electron chi connectivity index (χ0n) is 10.6. The molecule has 3 rings (SSSR count). The molecular formula is C16H14ClFO. The van der Waals surface area contributed by atoms with Crippen molar-refractivity contribution >= 4 is 11.6 Å². The molecular weight excluding hydrogens is 263 g/mol. The first kappa shape index (κ1) is 12.5. The summed E-state index contributed by atoms with van der Waals surface area (Å²) in [5, 5.41) is -0.336. The molecule has 0 spiro atoms. The molecule has 1 aliphatic heterocycles. The van der Waals surface area contributed by atoms with Crippen molar-refractivity contribution in [1.29, 1.82) is 0 Å². The molecule has 1 aliphatic rings. The van der Waals surface area contributed by atoms with Crippen LogP contribution in [-0.2, 0) is 6.42 Å². The van der Waals surface area contributed by atoms with Gasteiger partial charge in [0.2, 0.25) is 0 Å². The molecule has 98 valence electrons. The van der Waals surface area contributed by atoms with E-state index in [1.165, 1.54) is 17.7 Å². The largest absolute Gasteiger partial charge is 0.490 e. The number of fused-ring (bicyclic) bond motifs is 1. The molecule has 0 aliphatic carbocycles. The van der Waals surface area contributed by atoms with Crippen LogP contribution >= 0.6 is 11.6 Å². The summed E-state index contributed by atoms with van der Waals surface area (Å²) in [5.74, 6) is 0.667. The molecule has 0 amide bonds. The molecule has 2 aromatic rings. The van der Waals surface area contributed by atoms with Crippen LogP contribution in [-0.4, -0.2) is 6.10 Å². The summed E-state index contributed by atoms with van der Waals surface area (Å²) in [6, 6.07) is 12.4. The van der Waals surface area contributed by atoms with Gasteiger partial charge in [-0.05, 0) is 41.8 Å². The van der Waals surface area contributed by atoms with Crippen LogP contribution in [0.3, 0.4) is 0 Å². The Hall–Kier alpha value is -1.54. The van der Waals surface area contributed by atoms with Gasteiger partial charge >= 0.3 is 0 Å². The second kappa shape index (κ2) is 4.86. The quantitative estimate of drug-likeness (QED) is 0.735. The molecule has 19 heavy (non-hydrogen) atoms. The lowest BCUT2D eigenvalue weighted by Gasteiger charge is -2.11. The normalized spacial score (nSPS) is 18.8. The fourth-order valence-corrected chi connectivity index (χ4v) is 2.73. The molecule has 3 heteroatoms. The monoisotopic (exact) mass is 276 g/mol. The lowest BCUT2D eigenvalue weighted by Crippen LogP contribution is -2.05. The summed E-state index contributed by atoms with van der Waals surface area (Å²) in [6.07, 6.45) is 1.11. The van der Waals surface area contributed by atoms with E-state index < -0.39 is 0 Å². The highest BCUT2D eigenvalue weighted by Gasteiger charge is 2.21. The number of alkyl halides is 1. The molecule has 2 unspecified atom stereocenters. The third kappa shape index (κ3) is 2.45. The molecule has 0 bridgehead atoms. The average Bonchev–Trinajstić information content (AvgIpc) is 2.76. The van der Waals surface area contributed by atoms with Gasteiger partial charge in [-0.1, -0.05) is 24.3 Å². The van der Waals surface area contributed by atoms with Gasteiger partial charge in [0.05, 0.1) is 5.38 Å². The molecule has 2 atom stereocenters. The van der Waals surface area contributed by atoms with E-state index in [9.17, 15) is 4.39 Å². The van der Waals surface area contributed by atoms with E-state index in [1.807, 2.05) is 25.1 Å². The highest BCUT2D eigenvalue weighted by Crippen LogP contribution is 2.35. The number of ether oxygens (including phenoxy) is 1. The summed E-state index contributed by atoms with van der Waals surface area (Å²) in [5.41, 5.74) is 2.92. The second-order valence-electron chi connectivity index (χ2n) is 4.92. The summed E-state index contributed by atoms with van der Waals surface area (Å²) < 4.78 is 18.9. The van der Waals surface area contributed by atoms with Gasteiger partial charge in [0, 0.05) is 6.42 Å². The Kier molecular flexibility index (Phi) is 3.19. The van der Waals surface area contributed by atoms with E-state index in [1.54, 1.807) is 6.07 Å². The molecule has 0 fully saturated rings. The van der Waals surface area contributed by atoms with Gasteiger partial charge in [-0.25, -0.2) is 4.39 Å². The topological polar surface area (TPSA) is 9.23 Å². The Morgan fingerprint density at radius 3 is 2.79 bits per heavy atom. The van der Waals surface area contributed by atoms with Crippen molar-refractivity contribution < 1.29 is 9.13 Å². The van der Waals surface area contributed by atoms with Crippen molar-refractivity contribution in [2.45, 2.75) is 24.8 Å². The Morgan fingerprint density at radius 2 is 2.00 bits per heavy atom. The predicted molar refractivity (Wildman–Crippen MR) is 74.3 cm³/mol. The summed E-state index contributed by atoms with van der Waals surface area (Å²) in [7, 11) is 0. The van der Waals surface area contributed by atoms with Crippen LogP contribution in [0.2, 0.25) is 0 Å². The fraction of sp³-hybridized carbons (Fsp3) is 0.250. The van der Waals surface area contributed by atoms with Crippen LogP contribution in [0, 0.1) is 5.82 Å². The molecule has 2 aromatic carbocycles. The first-order valence-electron chi connectivity index (χ1n) is 6.32. The van der Waals surface area contributed by atoms with Gasteiger partial charge in [0.15, 0.2) is 0 Å². The van der Waals surface area contributed by atoms with E-state index >= 15 is 0 Å². The maximum atomic E-state index is 13.2. The van der Waals surface area contributed by atoms with Crippen LogP contribution < -0.4 is 4.74 Å². The molecule has 1 nitrogen and oxygen atoms in total. The van der Waals surface area contributed by atoms with Gasteiger partial charge in [-0.3, -0.25) is 0 Å². The van der Waals surface area contributed by atoms with Crippen molar-refractivity contribution in [3.8, 4) is 5.75 Å². The van der Waals surface area contributed by atoms with E-state index in [0.717, 1.165) is 23.3 Å². The maximum absolute atomic E-state index is 13.2. The summed E-state index contributed by atoms with van der Waals surface area (Å²) in [6.45, 7) is 2.05. The van der Waals surface area contributed by atoms with Crippen LogP contribution in [0.1, 0.15) is 29.0 Å². The first-order valence-corrected chi connectivity index (χ1v) is 6.76. The van der Waals surface area contributed by atoms with Crippen molar-refractivity contribution in [1.82, 2.24) is 0 Å². The predicted octanol–water partition coefficient (Wildman–Crippen LogP) is 4.48. The Morgan fingerprint density at radius 1 is 1.21 bits per heavy atom. The minimum atomic E-state index is -0.336. The minimum Gasteiger partial charge on any atom is -0.490 e. The van der Waals surface area contributed by atoms with Gasteiger partial charge in [0.25, 0.3) is 0 Å². The third-order valence-electron chi connectivity index (χ3n) is 3.35. The Balaban J connectivity index is 1.93. The maximum Gasteiger partial charge on any atom is 0.123 e. The zero-order chi connectivity index (χ0) is 13.4. The standard InChI is InChI=1S/C16H14ClFO/c1-10-7-13-8-12(5-6-15(13)19-10)16(17)11-3-2-4-14(18)9-11/h2-6,8-10,16H,7H2,1H3. The van der Waals surface area contributed by atoms with Gasteiger partial charge in [0.1, 0.15) is 17.7 Å². The number of halogens is 2. The van der Waals surface area contributed by atoms with E-state index in [0.29, 0.717) is 0 Å². The molecule has 0 radical (unpaired) electrons. The van der Waals surface area contributed by atoms with Crippen LogP contribution in [0.15, 0.2) is 42.5 Å².